The molecule has 0 radical (unpaired) electrons. The number of pyridine rings is 1. The van der Waals surface area contributed by atoms with Crippen molar-refractivity contribution >= 4 is 32.8 Å². The van der Waals surface area contributed by atoms with Gasteiger partial charge in [-0.3, -0.25) is 4.57 Å². The molecule has 0 amide bonds. The van der Waals surface area contributed by atoms with Gasteiger partial charge in [-0.2, -0.15) is 18.2 Å². The van der Waals surface area contributed by atoms with Gasteiger partial charge in [0.2, 0.25) is 0 Å². The van der Waals surface area contributed by atoms with E-state index in [1.165, 1.54) is 12.3 Å². The molecule has 0 aliphatic carbocycles. The Morgan fingerprint density at radius 2 is 1.14 bits per heavy atom. The summed E-state index contributed by atoms with van der Waals surface area (Å²) in [7, 11) is 0. The molecule has 0 bridgehead atoms. The fourth-order valence-corrected chi connectivity index (χ4v) is 10.1. The maximum Gasteiger partial charge on any atom is 0.268 e. The first-order chi connectivity index (χ1) is 42.8. The minimum atomic E-state index is -2.81. The molecule has 394 valence electrons. The molecule has 0 atom stereocenters. The number of ether oxygens (including phenoxy) is 1. The average molecular weight is 1220 g/mol. The van der Waals surface area contributed by atoms with Gasteiger partial charge in [0.1, 0.15) is 5.82 Å². The predicted molar refractivity (Wildman–Crippen MR) is 323 cm³/mol. The molecule has 0 fully saturated rings. The summed E-state index contributed by atoms with van der Waals surface area (Å²) in [6.07, 6.45) is 5.01. The third kappa shape index (κ3) is 10.2. The minimum Gasteiger partial charge on any atom is -0.510 e. The summed E-state index contributed by atoms with van der Waals surface area (Å²) in [5, 5.41) is 1.54. The van der Waals surface area contributed by atoms with E-state index in [-0.39, 0.29) is 89.0 Å². The largest absolute Gasteiger partial charge is 0.510 e. The monoisotopic (exact) mass is 1220 g/mol. The number of para-hydroxylation sites is 1. The molecule has 79 heavy (non-hydrogen) atoms. The van der Waals surface area contributed by atoms with E-state index in [1.54, 1.807) is 22.8 Å². The van der Waals surface area contributed by atoms with Crippen molar-refractivity contribution in [2.45, 2.75) is 85.4 Å². The van der Waals surface area contributed by atoms with Gasteiger partial charge in [0, 0.05) is 54.0 Å². The Hall–Kier alpha value is -8.11. The summed E-state index contributed by atoms with van der Waals surface area (Å²) in [5.41, 5.74) is 10.1. The van der Waals surface area contributed by atoms with Crippen LogP contribution in [0.15, 0.2) is 206 Å². The first kappa shape index (κ1) is 39.3. The Labute approximate surface area is 498 Å². The summed E-state index contributed by atoms with van der Waals surface area (Å²) >= 11 is 0. The molecule has 0 saturated carbocycles. The fourth-order valence-electron chi connectivity index (χ4n) is 10.1. The molecule has 9 aromatic carbocycles. The molecule has 3 aromatic heterocycles. The van der Waals surface area contributed by atoms with E-state index in [4.69, 9.17) is 27.5 Å². The van der Waals surface area contributed by atoms with Gasteiger partial charge in [-0.25, -0.2) is 4.98 Å². The number of imidazole rings is 1. The second-order valence-electron chi connectivity index (χ2n) is 22.8. The quantitative estimate of drug-likeness (QED) is 0.107. The molecular weight excluding hydrogens is 1140 g/mol. The van der Waals surface area contributed by atoms with Crippen molar-refractivity contribution in [3.8, 4) is 73.2 Å². The molecule has 0 saturated heterocycles. The van der Waals surface area contributed by atoms with Gasteiger partial charge in [0.05, 0.1) is 30.4 Å². The number of benzene rings is 9. The summed E-state index contributed by atoms with van der Waals surface area (Å²) in [6, 6.07) is 47.3. The Morgan fingerprint density at radius 1 is 0.519 bits per heavy atom. The van der Waals surface area contributed by atoms with Crippen LogP contribution >= 0.6 is 0 Å². The fraction of sp³-hybridized carbons (Fsp3) is 0.178. The van der Waals surface area contributed by atoms with E-state index in [9.17, 15) is 0 Å². The van der Waals surface area contributed by atoms with E-state index in [1.807, 2.05) is 59.2 Å². The van der Waals surface area contributed by atoms with Gasteiger partial charge in [-0.05, 0) is 114 Å². The van der Waals surface area contributed by atoms with Crippen molar-refractivity contribution in [3.63, 3.8) is 0 Å². The van der Waals surface area contributed by atoms with Crippen LogP contribution in [0.2, 0.25) is 0 Å². The Bertz CT molecular complexity index is 4850. The second-order valence-corrected chi connectivity index (χ2v) is 22.8. The molecule has 0 N–H and O–H groups in total. The third-order valence-corrected chi connectivity index (χ3v) is 14.4. The van der Waals surface area contributed by atoms with Crippen molar-refractivity contribution in [3.05, 3.63) is 247 Å². The van der Waals surface area contributed by atoms with Crippen molar-refractivity contribution in [1.29, 1.82) is 0 Å². The number of nitrogens with zero attached hydrogens (tertiary/aromatic N) is 4. The first-order valence-corrected chi connectivity index (χ1v) is 26.0. The smallest absolute Gasteiger partial charge is 0.268 e. The van der Waals surface area contributed by atoms with E-state index in [2.05, 4.69) is 146 Å². The van der Waals surface area contributed by atoms with Gasteiger partial charge in [-0.1, -0.05) is 219 Å². The normalized spacial score (nSPS) is 14.6. The molecule has 12 aromatic rings. The molecule has 12 rings (SSSR count). The first-order valence-electron chi connectivity index (χ1n) is 32.5. The summed E-state index contributed by atoms with van der Waals surface area (Å²) in [5.74, 6) is 0.712. The van der Waals surface area contributed by atoms with Crippen LogP contribution in [0.4, 0.5) is 0 Å². The number of rotatable bonds is 9. The van der Waals surface area contributed by atoms with Crippen LogP contribution in [0, 0.1) is 25.3 Å². The van der Waals surface area contributed by atoms with Gasteiger partial charge < -0.3 is 13.9 Å². The Kier molecular flexibility index (Phi) is 10.2. The minimum absolute atomic E-state index is 0. The summed E-state index contributed by atoms with van der Waals surface area (Å²) in [6.45, 7) is 17.0. The summed E-state index contributed by atoms with van der Waals surface area (Å²) < 4.78 is 125. The Morgan fingerprint density at radius 3 is 1.78 bits per heavy atom. The summed E-state index contributed by atoms with van der Waals surface area (Å²) in [4.78, 5) is 4.73. The average Bonchev–Trinajstić information content (AvgIpc) is 1.45. The van der Waals surface area contributed by atoms with Crippen LogP contribution in [-0.4, -0.2) is 14.1 Å². The van der Waals surface area contributed by atoms with Crippen molar-refractivity contribution in [2.24, 2.45) is 0 Å². The molecule has 0 unspecified atom stereocenters. The molecule has 0 aliphatic rings. The van der Waals surface area contributed by atoms with E-state index >= 15 is 0 Å². The van der Waals surface area contributed by atoms with Gasteiger partial charge in [-0.15, -0.1) is 29.7 Å². The molecule has 3 heterocycles. The number of hydrogen-bond donors (Lipinski definition) is 0. The molecular formula is C73H64N4OPt-2. The molecule has 5 nitrogen and oxygen atoms in total. The van der Waals surface area contributed by atoms with E-state index in [0.29, 0.717) is 33.3 Å². The van der Waals surface area contributed by atoms with Crippen molar-refractivity contribution < 1.29 is 48.2 Å². The van der Waals surface area contributed by atoms with Crippen LogP contribution < -0.4 is 9.30 Å². The van der Waals surface area contributed by atoms with Crippen LogP contribution in [-0.2, 0) is 37.3 Å². The van der Waals surface area contributed by atoms with Crippen molar-refractivity contribution in [2.75, 3.05) is 0 Å². The standard InChI is InChI=1S/C73H64N4O.Pt/c1-48-38-69(74-46-64(48)50-24-15-12-16-25-50)77-65-33-18-17-32-60(65)61-36-35-59(45-67(61)77)78-58-31-21-30-57(44-58)75-47-76(66-37-34-51(41-68(66)75)49-22-13-11-14-23-49)70-62(52-26-19-28-54(39-52)71(2,3)4)42-56(73(8,9)10)43-63(70)53-27-20-29-55(40-53)72(5,6)7;/h11-43,46H,1-10H3;/q-2;/i1D3,11D,12D,13D,14D,15D,16D,22D,23D,24D,25D;. The zero-order chi connectivity index (χ0) is 65.3. The maximum absolute atomic E-state index is 9.09. The van der Waals surface area contributed by atoms with Gasteiger partial charge >= 0.3 is 0 Å². The van der Waals surface area contributed by atoms with Gasteiger partial charge in [0.15, 0.2) is 0 Å². The Balaban J connectivity index is 0.00000867. The van der Waals surface area contributed by atoms with E-state index < -0.39 is 55.2 Å². The zero-order valence-electron chi connectivity index (χ0n) is 58.4. The zero-order valence-corrected chi connectivity index (χ0v) is 47.6. The van der Waals surface area contributed by atoms with Gasteiger partial charge in [0.25, 0.3) is 6.33 Å². The molecule has 6 heteroatoms. The second kappa shape index (κ2) is 20.6. The number of aromatic nitrogens is 4. The van der Waals surface area contributed by atoms with Crippen LogP contribution in [0.5, 0.6) is 11.5 Å². The third-order valence-electron chi connectivity index (χ3n) is 14.4. The number of fused-ring (bicyclic) bond motifs is 4. The van der Waals surface area contributed by atoms with E-state index in [0.717, 1.165) is 55.4 Å². The SMILES string of the molecule is [2H]c1c([2H])c([2H])c(-c2ccc3c(c2)n(-c2[c-]c(Oc4[c-]c5c(cc4)c4ccccc4n5-c4cc(C([2H])([2H])[2H])c(-c5c([2H])c([2H])c([2H])c([2H])c5[2H])cn4)ccc2)[c-][n+]3-c2c(-c3cccc(C(C)(C)C)c3)cc(C(C)(C)C)cc2-c2cccc(C(C)(C)C)c2)c([2H])c1[2H].[Pt]. The van der Waals surface area contributed by atoms with Crippen LogP contribution in [0.1, 0.15) is 102 Å². The van der Waals surface area contributed by atoms with Crippen LogP contribution in [0.3, 0.4) is 0 Å². The van der Waals surface area contributed by atoms with Crippen molar-refractivity contribution in [1.82, 2.24) is 14.1 Å². The number of aryl methyl sites for hydroxylation is 1. The topological polar surface area (TPSA) is 35.9 Å². The maximum atomic E-state index is 9.09. The molecule has 0 spiro atoms. The predicted octanol–water partition coefficient (Wildman–Crippen LogP) is 18.5. The van der Waals surface area contributed by atoms with Crippen LogP contribution in [0.25, 0.3) is 94.5 Å². The number of hydrogen-bond acceptors (Lipinski definition) is 2. The molecule has 0 aliphatic heterocycles.